The van der Waals surface area contributed by atoms with Crippen LogP contribution in [-0.2, 0) is 5.92 Å². The predicted octanol–water partition coefficient (Wildman–Crippen LogP) is 3.57. The van der Waals surface area contributed by atoms with E-state index in [1.807, 2.05) is 0 Å². The topological polar surface area (TPSA) is 0 Å². The Morgan fingerprint density at radius 1 is 1.25 bits per heavy atom. The van der Waals surface area contributed by atoms with E-state index in [1.165, 1.54) is 12.1 Å². The molecule has 1 aromatic rings. The summed E-state index contributed by atoms with van der Waals surface area (Å²) in [6.45, 7) is 0. The summed E-state index contributed by atoms with van der Waals surface area (Å²) in [5.41, 5.74) is 0.666. The van der Waals surface area contributed by atoms with Crippen molar-refractivity contribution in [2.24, 2.45) is 0 Å². The lowest BCUT2D eigenvalue weighted by atomic mass is 10.1. The molecule has 0 fully saturated rings. The molecule has 1 aromatic carbocycles. The maximum Gasteiger partial charge on any atom is 0.292 e. The molecule has 0 bridgehead atoms. The Kier molecular flexibility index (Phi) is 1.58. The minimum Gasteiger partial charge on any atom is -0.196 e. The van der Waals surface area contributed by atoms with E-state index in [2.05, 4.69) is 15.9 Å². The Labute approximate surface area is 77.0 Å². The highest BCUT2D eigenvalue weighted by Crippen LogP contribution is 2.41. The van der Waals surface area contributed by atoms with E-state index in [0.717, 1.165) is 6.08 Å². The van der Waals surface area contributed by atoms with E-state index in [0.29, 0.717) is 10.0 Å². The first kappa shape index (κ1) is 7.92. The highest BCUT2D eigenvalue weighted by atomic mass is 79.9. The number of allylic oxidation sites excluding steroid dienone is 1. The van der Waals surface area contributed by atoms with Crippen LogP contribution < -0.4 is 0 Å². The van der Waals surface area contributed by atoms with Gasteiger partial charge in [-0.05, 0) is 17.7 Å². The molecule has 2 rings (SSSR count). The largest absolute Gasteiger partial charge is 0.292 e. The molecule has 1 aliphatic rings. The quantitative estimate of drug-likeness (QED) is 0.640. The Bertz CT molecular complexity index is 356. The smallest absolute Gasteiger partial charge is 0.196 e. The van der Waals surface area contributed by atoms with Crippen LogP contribution in [-0.4, -0.2) is 0 Å². The number of hydrogen-bond acceptors (Lipinski definition) is 0. The lowest BCUT2D eigenvalue weighted by molar-refractivity contribution is 0.0558. The minimum absolute atomic E-state index is 0.0804. The van der Waals surface area contributed by atoms with Crippen LogP contribution in [0.4, 0.5) is 8.78 Å². The molecule has 0 saturated carbocycles. The Morgan fingerprint density at radius 3 is 2.67 bits per heavy atom. The zero-order valence-corrected chi connectivity index (χ0v) is 7.61. The van der Waals surface area contributed by atoms with Crippen molar-refractivity contribution in [3.63, 3.8) is 0 Å². The van der Waals surface area contributed by atoms with Gasteiger partial charge < -0.3 is 0 Å². The second-order valence-corrected chi connectivity index (χ2v) is 3.51. The van der Waals surface area contributed by atoms with Gasteiger partial charge >= 0.3 is 0 Å². The lowest BCUT2D eigenvalue weighted by Gasteiger charge is -2.09. The highest BCUT2D eigenvalue weighted by molar-refractivity contribution is 9.10. The van der Waals surface area contributed by atoms with Gasteiger partial charge in [-0.25, -0.2) is 0 Å². The van der Waals surface area contributed by atoms with E-state index in [4.69, 9.17) is 0 Å². The maximum atomic E-state index is 13.0. The summed E-state index contributed by atoms with van der Waals surface area (Å²) in [5.74, 6) is -2.79. The lowest BCUT2D eigenvalue weighted by Crippen LogP contribution is -2.06. The van der Waals surface area contributed by atoms with Gasteiger partial charge in [0.25, 0.3) is 5.92 Å². The number of benzene rings is 1. The second-order valence-electron chi connectivity index (χ2n) is 2.66. The van der Waals surface area contributed by atoms with Gasteiger partial charge in [-0.1, -0.05) is 34.1 Å². The van der Waals surface area contributed by atoms with Crippen molar-refractivity contribution in [2.45, 2.75) is 5.92 Å². The summed E-state index contributed by atoms with van der Waals surface area (Å²) in [6, 6.07) is 4.81. The molecule has 0 saturated heterocycles. The number of rotatable bonds is 0. The van der Waals surface area contributed by atoms with E-state index >= 15 is 0 Å². The maximum absolute atomic E-state index is 13.0. The molecule has 0 heterocycles. The Balaban J connectivity index is 2.68. The van der Waals surface area contributed by atoms with E-state index in [9.17, 15) is 8.78 Å². The van der Waals surface area contributed by atoms with Crippen LogP contribution in [0, 0.1) is 0 Å². The molecule has 0 N–H and O–H groups in total. The number of halogens is 3. The van der Waals surface area contributed by atoms with Crippen LogP contribution in [0.2, 0.25) is 0 Å². The van der Waals surface area contributed by atoms with Crippen molar-refractivity contribution >= 4 is 22.0 Å². The van der Waals surface area contributed by atoms with Gasteiger partial charge in [0, 0.05) is 10.0 Å². The molecule has 12 heavy (non-hydrogen) atoms. The van der Waals surface area contributed by atoms with Gasteiger partial charge in [-0.2, -0.15) is 8.78 Å². The summed E-state index contributed by atoms with van der Waals surface area (Å²) in [7, 11) is 0. The third-order valence-corrected chi connectivity index (χ3v) is 2.56. The molecule has 0 radical (unpaired) electrons. The molecule has 1 aliphatic carbocycles. The van der Waals surface area contributed by atoms with Crippen molar-refractivity contribution in [3.8, 4) is 0 Å². The molecule has 0 aliphatic heterocycles. The van der Waals surface area contributed by atoms with Crippen LogP contribution in [0.3, 0.4) is 0 Å². The zero-order valence-electron chi connectivity index (χ0n) is 6.02. The average molecular weight is 231 g/mol. The fourth-order valence-corrected chi connectivity index (χ4v) is 1.77. The number of fused-ring (bicyclic) bond motifs is 1. The van der Waals surface area contributed by atoms with Gasteiger partial charge in [0.2, 0.25) is 0 Å². The SMILES string of the molecule is FC1(F)C=Cc2c(Br)cccc21. The molecule has 0 aromatic heterocycles. The first-order valence-electron chi connectivity index (χ1n) is 3.47. The molecular weight excluding hydrogens is 226 g/mol. The van der Waals surface area contributed by atoms with Crippen LogP contribution in [0.15, 0.2) is 28.7 Å². The average Bonchev–Trinajstić information content (AvgIpc) is 2.30. The van der Waals surface area contributed by atoms with Crippen molar-refractivity contribution in [2.75, 3.05) is 0 Å². The Morgan fingerprint density at radius 2 is 2.00 bits per heavy atom. The molecule has 3 heteroatoms. The summed E-state index contributed by atoms with van der Waals surface area (Å²) < 4.78 is 26.7. The van der Waals surface area contributed by atoms with Gasteiger partial charge in [0.15, 0.2) is 0 Å². The number of alkyl halides is 2. The molecule has 0 spiro atoms. The van der Waals surface area contributed by atoms with Crippen LogP contribution in [0.5, 0.6) is 0 Å². The monoisotopic (exact) mass is 230 g/mol. The summed E-state index contributed by atoms with van der Waals surface area (Å²) in [6.07, 6.45) is 2.36. The summed E-state index contributed by atoms with van der Waals surface area (Å²) in [5, 5.41) is 0. The van der Waals surface area contributed by atoms with E-state index in [-0.39, 0.29) is 5.56 Å². The molecule has 0 amide bonds. The second kappa shape index (κ2) is 2.39. The van der Waals surface area contributed by atoms with Crippen molar-refractivity contribution in [1.82, 2.24) is 0 Å². The number of hydrogen-bond donors (Lipinski definition) is 0. The van der Waals surface area contributed by atoms with Crippen LogP contribution in [0.25, 0.3) is 6.08 Å². The third-order valence-electron chi connectivity index (χ3n) is 1.87. The third kappa shape index (κ3) is 1.00. The van der Waals surface area contributed by atoms with Crippen LogP contribution in [0.1, 0.15) is 11.1 Å². The fourth-order valence-electron chi connectivity index (χ4n) is 1.27. The zero-order chi connectivity index (χ0) is 8.77. The van der Waals surface area contributed by atoms with Crippen molar-refractivity contribution < 1.29 is 8.78 Å². The molecule has 0 atom stereocenters. The molecule has 0 unspecified atom stereocenters. The summed E-state index contributed by atoms with van der Waals surface area (Å²) >= 11 is 3.21. The van der Waals surface area contributed by atoms with Gasteiger partial charge in [-0.3, -0.25) is 0 Å². The summed E-state index contributed by atoms with van der Waals surface area (Å²) in [4.78, 5) is 0. The highest BCUT2D eigenvalue weighted by Gasteiger charge is 2.34. The standard InChI is InChI=1S/C9H5BrF2/c10-8-3-1-2-7-6(8)4-5-9(7,11)12/h1-5H. The minimum atomic E-state index is -2.79. The van der Waals surface area contributed by atoms with Gasteiger partial charge in [0.05, 0.1) is 0 Å². The van der Waals surface area contributed by atoms with Crippen molar-refractivity contribution in [3.05, 3.63) is 39.9 Å². The van der Waals surface area contributed by atoms with Gasteiger partial charge in [0.1, 0.15) is 0 Å². The Hall–Kier alpha value is -0.700. The van der Waals surface area contributed by atoms with Gasteiger partial charge in [-0.15, -0.1) is 0 Å². The predicted molar refractivity (Wildman–Crippen MR) is 47.1 cm³/mol. The molecular formula is C9H5BrF2. The molecule has 0 nitrogen and oxygen atoms in total. The van der Waals surface area contributed by atoms with Crippen molar-refractivity contribution in [1.29, 1.82) is 0 Å². The van der Waals surface area contributed by atoms with E-state index < -0.39 is 5.92 Å². The van der Waals surface area contributed by atoms with E-state index in [1.54, 1.807) is 12.1 Å². The molecule has 62 valence electrons. The first-order valence-corrected chi connectivity index (χ1v) is 4.26. The fraction of sp³-hybridized carbons (Fsp3) is 0.111. The first-order chi connectivity index (χ1) is 5.61. The van der Waals surface area contributed by atoms with Crippen LogP contribution >= 0.6 is 15.9 Å². The normalized spacial score (nSPS) is 17.9.